The minimum atomic E-state index is -0.808. The van der Waals surface area contributed by atoms with E-state index >= 15 is 0 Å². The summed E-state index contributed by atoms with van der Waals surface area (Å²) in [5.41, 5.74) is 3.79. The first-order valence-corrected chi connectivity index (χ1v) is 9.20. The van der Waals surface area contributed by atoms with Gasteiger partial charge in [-0.15, -0.1) is 11.3 Å². The minimum absolute atomic E-state index is 0.134. The Morgan fingerprint density at radius 2 is 1.92 bits per heavy atom. The lowest BCUT2D eigenvalue weighted by molar-refractivity contribution is -0.142. The summed E-state index contributed by atoms with van der Waals surface area (Å²) in [5, 5.41) is 12.2. The van der Waals surface area contributed by atoms with E-state index in [1.807, 2.05) is 12.1 Å². The largest absolute Gasteiger partial charge is 0.481 e. The van der Waals surface area contributed by atoms with Gasteiger partial charge in [0, 0.05) is 10.9 Å². The number of carbonyl (C=O) groups is 2. The van der Waals surface area contributed by atoms with Crippen LogP contribution in [-0.2, 0) is 17.6 Å². The molecule has 2 N–H and O–H groups in total. The average molecular weight is 341 g/mol. The number of hydrogen-bond donors (Lipinski definition) is 2. The third kappa shape index (κ3) is 2.63. The molecule has 0 aliphatic heterocycles. The molecule has 1 fully saturated rings. The molecule has 0 spiro atoms. The van der Waals surface area contributed by atoms with Gasteiger partial charge in [0.05, 0.1) is 10.8 Å². The highest BCUT2D eigenvalue weighted by atomic mass is 32.1. The van der Waals surface area contributed by atoms with E-state index in [1.54, 1.807) is 0 Å². The maximum Gasteiger partial charge on any atom is 0.308 e. The zero-order valence-corrected chi connectivity index (χ0v) is 14.1. The summed E-state index contributed by atoms with van der Waals surface area (Å²) in [5.74, 6) is -1.40. The van der Waals surface area contributed by atoms with E-state index in [-0.39, 0.29) is 11.9 Å². The third-order valence-electron chi connectivity index (χ3n) is 5.11. The van der Waals surface area contributed by atoms with Crippen molar-refractivity contribution in [2.45, 2.75) is 38.1 Å². The molecule has 2 aliphatic rings. The van der Waals surface area contributed by atoms with Crippen molar-refractivity contribution in [3.05, 3.63) is 46.3 Å². The zero-order chi connectivity index (χ0) is 16.7. The average Bonchev–Trinajstić information content (AvgIpc) is 3.21. The Hall–Kier alpha value is -2.14. The highest BCUT2D eigenvalue weighted by Gasteiger charge is 2.34. The molecule has 1 aromatic carbocycles. The van der Waals surface area contributed by atoms with Crippen LogP contribution < -0.4 is 5.32 Å². The quantitative estimate of drug-likeness (QED) is 0.898. The number of hydrogen-bond acceptors (Lipinski definition) is 3. The third-order valence-corrected chi connectivity index (χ3v) is 6.32. The topological polar surface area (TPSA) is 66.4 Å². The summed E-state index contributed by atoms with van der Waals surface area (Å²) in [4.78, 5) is 25.8. The Morgan fingerprint density at radius 1 is 1.12 bits per heavy atom. The van der Waals surface area contributed by atoms with Crippen molar-refractivity contribution in [2.75, 3.05) is 0 Å². The molecule has 24 heavy (non-hydrogen) atoms. The molecule has 1 amide bonds. The summed E-state index contributed by atoms with van der Waals surface area (Å²) in [7, 11) is 0. The van der Waals surface area contributed by atoms with E-state index < -0.39 is 11.9 Å². The first-order valence-electron chi connectivity index (χ1n) is 8.38. The zero-order valence-electron chi connectivity index (χ0n) is 13.2. The summed E-state index contributed by atoms with van der Waals surface area (Å²) in [6.07, 6.45) is 4.21. The molecule has 4 rings (SSSR count). The van der Waals surface area contributed by atoms with E-state index in [0.717, 1.165) is 25.7 Å². The monoisotopic (exact) mass is 341 g/mol. The molecule has 124 valence electrons. The summed E-state index contributed by atoms with van der Waals surface area (Å²) < 4.78 is 0. The fraction of sp³-hybridized carbons (Fsp3) is 0.368. The Labute approximate surface area is 144 Å². The fourth-order valence-electron chi connectivity index (χ4n) is 3.85. The van der Waals surface area contributed by atoms with Crippen molar-refractivity contribution in [3.63, 3.8) is 0 Å². The van der Waals surface area contributed by atoms with Crippen molar-refractivity contribution in [2.24, 2.45) is 5.92 Å². The molecule has 5 heteroatoms. The van der Waals surface area contributed by atoms with Crippen molar-refractivity contribution in [1.82, 2.24) is 5.32 Å². The number of aliphatic carboxylic acids is 1. The van der Waals surface area contributed by atoms with Gasteiger partial charge in [-0.25, -0.2) is 0 Å². The van der Waals surface area contributed by atoms with Gasteiger partial charge in [0.1, 0.15) is 0 Å². The standard InChI is InChI=1S/C19H19NO3S/c21-18(20-15-7-3-6-14(15)19(22)23)16-10-12-9-8-11-4-1-2-5-13(11)17(12)24-16/h1-2,4-5,10,14-15H,3,6-9H2,(H,20,21)(H,22,23)/t14-,15+/m1/s1. The number of thiophene rings is 1. The van der Waals surface area contributed by atoms with Crippen LogP contribution >= 0.6 is 11.3 Å². The van der Waals surface area contributed by atoms with Crippen molar-refractivity contribution in [3.8, 4) is 10.4 Å². The maximum atomic E-state index is 12.6. The molecular formula is C19H19NO3S. The lowest BCUT2D eigenvalue weighted by Crippen LogP contribution is -2.39. The molecule has 1 aromatic heterocycles. The van der Waals surface area contributed by atoms with Crippen molar-refractivity contribution in [1.29, 1.82) is 0 Å². The Kier molecular flexibility index (Phi) is 3.88. The number of amides is 1. The lowest BCUT2D eigenvalue weighted by Gasteiger charge is -2.16. The molecule has 1 saturated carbocycles. The van der Waals surface area contributed by atoms with Gasteiger partial charge >= 0.3 is 5.97 Å². The molecule has 2 aromatic rings. The predicted molar refractivity (Wildman–Crippen MR) is 93.4 cm³/mol. The van der Waals surface area contributed by atoms with E-state index in [9.17, 15) is 14.7 Å². The second kappa shape index (κ2) is 6.06. The molecule has 0 radical (unpaired) electrons. The Bertz CT molecular complexity index is 811. The Morgan fingerprint density at radius 3 is 2.75 bits per heavy atom. The number of carboxylic acid groups (broad SMARTS) is 1. The Balaban J connectivity index is 1.57. The minimum Gasteiger partial charge on any atom is -0.481 e. The van der Waals surface area contributed by atoms with E-state index in [1.165, 1.54) is 32.9 Å². The fourth-order valence-corrected chi connectivity index (χ4v) is 5.03. The summed E-state index contributed by atoms with van der Waals surface area (Å²) >= 11 is 1.52. The molecule has 2 aliphatic carbocycles. The van der Waals surface area contributed by atoms with Crippen LogP contribution in [0.3, 0.4) is 0 Å². The van der Waals surface area contributed by atoms with Crippen LogP contribution in [0.1, 0.15) is 40.1 Å². The number of aryl methyl sites for hydroxylation is 2. The van der Waals surface area contributed by atoms with Gasteiger partial charge in [-0.2, -0.15) is 0 Å². The van der Waals surface area contributed by atoms with Gasteiger partial charge in [-0.1, -0.05) is 30.7 Å². The molecule has 1 heterocycles. The summed E-state index contributed by atoms with van der Waals surface area (Å²) in [6, 6.07) is 10.1. The number of rotatable bonds is 3. The van der Waals surface area contributed by atoms with Crippen LogP contribution in [0.25, 0.3) is 10.4 Å². The molecule has 0 bridgehead atoms. The second-order valence-electron chi connectivity index (χ2n) is 6.58. The summed E-state index contributed by atoms with van der Waals surface area (Å²) in [6.45, 7) is 0. The number of carbonyl (C=O) groups excluding carboxylic acids is 1. The van der Waals surface area contributed by atoms with Gasteiger partial charge in [0.2, 0.25) is 0 Å². The number of carboxylic acids is 1. The van der Waals surface area contributed by atoms with Crippen LogP contribution in [0.15, 0.2) is 30.3 Å². The molecule has 0 saturated heterocycles. The van der Waals surface area contributed by atoms with Gasteiger partial charge in [-0.05, 0) is 48.4 Å². The number of nitrogens with one attached hydrogen (secondary N) is 1. The second-order valence-corrected chi connectivity index (χ2v) is 7.63. The van der Waals surface area contributed by atoms with Crippen LogP contribution in [-0.4, -0.2) is 23.0 Å². The first-order chi connectivity index (χ1) is 11.6. The van der Waals surface area contributed by atoms with E-state index in [2.05, 4.69) is 23.5 Å². The molecular weight excluding hydrogens is 322 g/mol. The van der Waals surface area contributed by atoms with Crippen molar-refractivity contribution >= 4 is 23.2 Å². The lowest BCUT2D eigenvalue weighted by atomic mass is 9.91. The normalized spacial score (nSPS) is 21.8. The van der Waals surface area contributed by atoms with E-state index in [0.29, 0.717) is 11.3 Å². The van der Waals surface area contributed by atoms with Gasteiger partial charge in [-0.3, -0.25) is 9.59 Å². The van der Waals surface area contributed by atoms with Gasteiger partial charge < -0.3 is 10.4 Å². The van der Waals surface area contributed by atoms with Crippen LogP contribution in [0.2, 0.25) is 0 Å². The SMILES string of the molecule is O=C(N[C@H]1CCC[C@H]1C(=O)O)c1cc2c(s1)-c1ccccc1CC2. The van der Waals surface area contributed by atoms with Crippen molar-refractivity contribution < 1.29 is 14.7 Å². The molecule has 2 atom stereocenters. The molecule has 4 nitrogen and oxygen atoms in total. The van der Waals surface area contributed by atoms with Crippen LogP contribution in [0.4, 0.5) is 0 Å². The molecule has 0 unspecified atom stereocenters. The van der Waals surface area contributed by atoms with Gasteiger partial charge in [0.15, 0.2) is 0 Å². The predicted octanol–water partition coefficient (Wildman–Crippen LogP) is 3.50. The maximum absolute atomic E-state index is 12.6. The van der Waals surface area contributed by atoms with E-state index in [4.69, 9.17) is 0 Å². The van der Waals surface area contributed by atoms with Gasteiger partial charge in [0.25, 0.3) is 5.91 Å². The van der Waals surface area contributed by atoms with Crippen LogP contribution in [0.5, 0.6) is 0 Å². The smallest absolute Gasteiger partial charge is 0.308 e. The number of benzene rings is 1. The highest BCUT2D eigenvalue weighted by molar-refractivity contribution is 7.17. The highest BCUT2D eigenvalue weighted by Crippen LogP contribution is 2.39. The first kappa shape index (κ1) is 15.4. The number of fused-ring (bicyclic) bond motifs is 3. The van der Waals surface area contributed by atoms with Crippen LogP contribution in [0, 0.1) is 5.92 Å².